The van der Waals surface area contributed by atoms with Crippen LogP contribution in [-0.4, -0.2) is 40.4 Å². The Morgan fingerprint density at radius 2 is 1.79 bits per heavy atom. The molecule has 170 valence electrons. The van der Waals surface area contributed by atoms with Crippen molar-refractivity contribution in [2.24, 2.45) is 0 Å². The number of halogens is 3. The third kappa shape index (κ3) is 4.35. The fourth-order valence-electron chi connectivity index (χ4n) is 4.14. The van der Waals surface area contributed by atoms with Crippen LogP contribution in [0.4, 0.5) is 14.7 Å². The van der Waals surface area contributed by atoms with Crippen molar-refractivity contribution in [2.75, 3.05) is 24.5 Å². The van der Waals surface area contributed by atoms with Gasteiger partial charge in [0.1, 0.15) is 5.75 Å². The number of nitrogens with zero attached hydrogens (tertiary/aromatic N) is 4. The van der Waals surface area contributed by atoms with E-state index in [2.05, 4.69) is 9.88 Å². The molecule has 2 aliphatic rings. The van der Waals surface area contributed by atoms with Crippen LogP contribution in [0.15, 0.2) is 42.5 Å². The standard InChI is InChI=1S/C24H21ClF2N4O2/c25-18-6-2-1-5-16(18)23(32)31-12-9-21-17(14-31)22(29-24(28-21)30-10-3-4-11-30)33-15-7-8-19(26)20(27)13-15/h1-2,5-8,13H,3-4,9-12,14H2. The molecule has 1 aromatic heterocycles. The van der Waals surface area contributed by atoms with Crippen molar-refractivity contribution in [2.45, 2.75) is 25.8 Å². The van der Waals surface area contributed by atoms with Crippen LogP contribution in [0.25, 0.3) is 0 Å². The lowest BCUT2D eigenvalue weighted by molar-refractivity contribution is 0.0732. The number of fused-ring (bicyclic) bond motifs is 1. The Kier molecular flexibility index (Phi) is 5.85. The maximum absolute atomic E-state index is 13.8. The van der Waals surface area contributed by atoms with Crippen LogP contribution in [0.5, 0.6) is 11.6 Å². The number of carbonyl (C=O) groups is 1. The van der Waals surface area contributed by atoms with E-state index in [9.17, 15) is 13.6 Å². The second-order valence-electron chi connectivity index (χ2n) is 8.08. The lowest BCUT2D eigenvalue weighted by Crippen LogP contribution is -2.37. The van der Waals surface area contributed by atoms with Crippen molar-refractivity contribution in [1.82, 2.24) is 14.9 Å². The van der Waals surface area contributed by atoms with Gasteiger partial charge in [-0.05, 0) is 37.1 Å². The minimum Gasteiger partial charge on any atom is -0.438 e. The van der Waals surface area contributed by atoms with E-state index in [-0.39, 0.29) is 24.1 Å². The van der Waals surface area contributed by atoms with Crippen molar-refractivity contribution in [1.29, 1.82) is 0 Å². The van der Waals surface area contributed by atoms with Gasteiger partial charge in [-0.1, -0.05) is 23.7 Å². The molecule has 1 saturated heterocycles. The quantitative estimate of drug-likeness (QED) is 0.537. The van der Waals surface area contributed by atoms with Crippen molar-refractivity contribution < 1.29 is 18.3 Å². The summed E-state index contributed by atoms with van der Waals surface area (Å²) in [6.45, 7) is 2.39. The lowest BCUT2D eigenvalue weighted by Gasteiger charge is -2.30. The first-order valence-corrected chi connectivity index (χ1v) is 11.2. The number of hydrogen-bond donors (Lipinski definition) is 0. The predicted octanol–water partition coefficient (Wildman–Crippen LogP) is 5.00. The summed E-state index contributed by atoms with van der Waals surface area (Å²) in [4.78, 5) is 26.2. The van der Waals surface area contributed by atoms with Gasteiger partial charge in [-0.25, -0.2) is 13.8 Å². The van der Waals surface area contributed by atoms with Crippen LogP contribution in [0.1, 0.15) is 34.5 Å². The van der Waals surface area contributed by atoms with Gasteiger partial charge in [0.2, 0.25) is 11.8 Å². The largest absolute Gasteiger partial charge is 0.438 e. The predicted molar refractivity (Wildman–Crippen MR) is 120 cm³/mol. The highest BCUT2D eigenvalue weighted by Gasteiger charge is 2.29. The third-order valence-electron chi connectivity index (χ3n) is 5.90. The highest BCUT2D eigenvalue weighted by atomic mass is 35.5. The number of rotatable bonds is 4. The molecule has 2 aliphatic heterocycles. The van der Waals surface area contributed by atoms with E-state index in [1.165, 1.54) is 6.07 Å². The minimum absolute atomic E-state index is 0.122. The second-order valence-corrected chi connectivity index (χ2v) is 8.49. The Morgan fingerprint density at radius 1 is 1.00 bits per heavy atom. The summed E-state index contributed by atoms with van der Waals surface area (Å²) < 4.78 is 33.1. The van der Waals surface area contributed by atoms with Crippen molar-refractivity contribution in [3.8, 4) is 11.6 Å². The van der Waals surface area contributed by atoms with E-state index in [1.807, 2.05) is 0 Å². The molecule has 0 atom stereocenters. The first-order valence-electron chi connectivity index (χ1n) is 10.8. The van der Waals surface area contributed by atoms with E-state index in [4.69, 9.17) is 21.3 Å². The highest BCUT2D eigenvalue weighted by Crippen LogP contribution is 2.33. The van der Waals surface area contributed by atoms with E-state index in [1.54, 1.807) is 29.2 Å². The summed E-state index contributed by atoms with van der Waals surface area (Å²) >= 11 is 6.23. The maximum atomic E-state index is 13.8. The molecule has 9 heteroatoms. The Bertz CT molecular complexity index is 1220. The van der Waals surface area contributed by atoms with Gasteiger partial charge in [-0.3, -0.25) is 4.79 Å². The van der Waals surface area contributed by atoms with Crippen LogP contribution >= 0.6 is 11.6 Å². The Labute approximate surface area is 194 Å². The van der Waals surface area contributed by atoms with Gasteiger partial charge in [0, 0.05) is 32.1 Å². The summed E-state index contributed by atoms with van der Waals surface area (Å²) in [5, 5.41) is 0.382. The van der Waals surface area contributed by atoms with Crippen LogP contribution in [0, 0.1) is 11.6 Å². The van der Waals surface area contributed by atoms with Gasteiger partial charge >= 0.3 is 0 Å². The van der Waals surface area contributed by atoms with Crippen LogP contribution < -0.4 is 9.64 Å². The highest BCUT2D eigenvalue weighted by molar-refractivity contribution is 6.33. The molecular formula is C24H21ClF2N4O2. The molecule has 3 aromatic rings. The van der Waals surface area contributed by atoms with Crippen LogP contribution in [0.3, 0.4) is 0 Å². The van der Waals surface area contributed by atoms with E-state index in [0.717, 1.165) is 43.8 Å². The van der Waals surface area contributed by atoms with Crippen molar-refractivity contribution in [3.63, 3.8) is 0 Å². The average Bonchev–Trinajstić information content (AvgIpc) is 3.36. The zero-order valence-electron chi connectivity index (χ0n) is 17.7. The van der Waals surface area contributed by atoms with Crippen molar-refractivity contribution in [3.05, 3.63) is 75.9 Å². The summed E-state index contributed by atoms with van der Waals surface area (Å²) in [6.07, 6.45) is 2.63. The molecule has 0 bridgehead atoms. The normalized spacial score (nSPS) is 15.5. The SMILES string of the molecule is O=C(c1ccccc1Cl)N1CCc2nc(N3CCCC3)nc(Oc3ccc(F)c(F)c3)c2C1. The smallest absolute Gasteiger partial charge is 0.255 e. The van der Waals surface area contributed by atoms with Gasteiger partial charge < -0.3 is 14.5 Å². The third-order valence-corrected chi connectivity index (χ3v) is 6.23. The summed E-state index contributed by atoms with van der Waals surface area (Å²) in [6, 6.07) is 10.2. The Hall–Kier alpha value is -3.26. The molecule has 0 unspecified atom stereocenters. The summed E-state index contributed by atoms with van der Waals surface area (Å²) in [5.41, 5.74) is 1.85. The number of amides is 1. The first kappa shape index (κ1) is 21.6. The van der Waals surface area contributed by atoms with Gasteiger partial charge in [-0.2, -0.15) is 4.98 Å². The van der Waals surface area contributed by atoms with Gasteiger partial charge in [-0.15, -0.1) is 0 Å². The van der Waals surface area contributed by atoms with Crippen LogP contribution in [-0.2, 0) is 13.0 Å². The molecule has 33 heavy (non-hydrogen) atoms. The summed E-state index contributed by atoms with van der Waals surface area (Å²) in [7, 11) is 0. The molecule has 6 nitrogen and oxygen atoms in total. The molecular weight excluding hydrogens is 450 g/mol. The van der Waals surface area contributed by atoms with E-state index < -0.39 is 11.6 Å². The van der Waals surface area contributed by atoms with Crippen molar-refractivity contribution >= 4 is 23.5 Å². The second kappa shape index (κ2) is 8.94. The van der Waals surface area contributed by atoms with E-state index >= 15 is 0 Å². The number of hydrogen-bond acceptors (Lipinski definition) is 5. The monoisotopic (exact) mass is 470 g/mol. The number of aromatic nitrogens is 2. The molecule has 0 N–H and O–H groups in total. The molecule has 3 heterocycles. The molecule has 0 saturated carbocycles. The van der Waals surface area contributed by atoms with Gasteiger partial charge in [0.05, 0.1) is 28.4 Å². The fourth-order valence-corrected chi connectivity index (χ4v) is 4.36. The fraction of sp³-hybridized carbons (Fsp3) is 0.292. The molecule has 1 amide bonds. The maximum Gasteiger partial charge on any atom is 0.255 e. The molecule has 0 radical (unpaired) electrons. The number of anilines is 1. The zero-order valence-corrected chi connectivity index (χ0v) is 18.5. The molecule has 0 spiro atoms. The number of benzene rings is 2. The average molecular weight is 471 g/mol. The number of carbonyl (C=O) groups excluding carboxylic acids is 1. The first-order chi connectivity index (χ1) is 16.0. The Balaban J connectivity index is 1.50. The van der Waals surface area contributed by atoms with Crippen LogP contribution in [0.2, 0.25) is 5.02 Å². The van der Waals surface area contributed by atoms with Gasteiger partial charge in [0.15, 0.2) is 11.6 Å². The lowest BCUT2D eigenvalue weighted by atomic mass is 10.1. The topological polar surface area (TPSA) is 58.6 Å². The Morgan fingerprint density at radius 3 is 2.55 bits per heavy atom. The van der Waals surface area contributed by atoms with Gasteiger partial charge in [0.25, 0.3) is 5.91 Å². The van der Waals surface area contributed by atoms with E-state index in [0.29, 0.717) is 35.1 Å². The minimum atomic E-state index is -1.01. The molecule has 0 aliphatic carbocycles. The molecule has 2 aromatic carbocycles. The molecule has 1 fully saturated rings. The summed E-state index contributed by atoms with van der Waals surface area (Å²) in [5.74, 6) is -1.25. The zero-order chi connectivity index (χ0) is 22.9. The molecule has 5 rings (SSSR count). The number of ether oxygens (including phenoxy) is 1.